The van der Waals surface area contributed by atoms with E-state index in [4.69, 9.17) is 4.99 Å². The SMILES string of the molecule is CN(C)C(=NCc1ccccc1CN1CCC(O)C1)N(C)C. The monoisotopic (exact) mass is 304 g/mol. The maximum atomic E-state index is 9.67. The summed E-state index contributed by atoms with van der Waals surface area (Å²) in [4.78, 5) is 11.1. The zero-order valence-electron chi connectivity index (χ0n) is 14.2. The van der Waals surface area contributed by atoms with Crippen LogP contribution in [0.3, 0.4) is 0 Å². The van der Waals surface area contributed by atoms with Gasteiger partial charge in [0, 0.05) is 47.8 Å². The maximum absolute atomic E-state index is 9.67. The predicted molar refractivity (Wildman–Crippen MR) is 90.9 cm³/mol. The molecule has 0 bridgehead atoms. The van der Waals surface area contributed by atoms with Crippen LogP contribution in [0.15, 0.2) is 29.3 Å². The molecule has 2 rings (SSSR count). The first-order valence-corrected chi connectivity index (χ1v) is 7.83. The number of β-amino-alcohol motifs (C(OH)–C–C–N with tert-alkyl or cyclic N) is 1. The highest BCUT2D eigenvalue weighted by Gasteiger charge is 2.20. The number of aliphatic hydroxyl groups is 1. The standard InChI is InChI=1S/C17H28N4O/c1-19(2)17(20(3)4)18-11-14-7-5-6-8-15(14)12-21-10-9-16(22)13-21/h5-8,16,22H,9-13H2,1-4H3. The Labute approximate surface area is 133 Å². The molecule has 5 heteroatoms. The summed E-state index contributed by atoms with van der Waals surface area (Å²) in [5, 5.41) is 9.67. The summed E-state index contributed by atoms with van der Waals surface area (Å²) in [6.45, 7) is 3.32. The number of likely N-dealkylation sites (tertiary alicyclic amines) is 1. The molecular formula is C17H28N4O. The number of guanidine groups is 1. The van der Waals surface area contributed by atoms with Crippen molar-refractivity contribution in [3.63, 3.8) is 0 Å². The van der Waals surface area contributed by atoms with Crippen molar-refractivity contribution in [1.82, 2.24) is 14.7 Å². The minimum absolute atomic E-state index is 0.167. The Balaban J connectivity index is 2.09. The molecule has 1 N–H and O–H groups in total. The number of aliphatic hydroxyl groups excluding tert-OH is 1. The summed E-state index contributed by atoms with van der Waals surface area (Å²) in [6, 6.07) is 8.46. The van der Waals surface area contributed by atoms with Crippen LogP contribution >= 0.6 is 0 Å². The minimum Gasteiger partial charge on any atom is -0.392 e. The lowest BCUT2D eigenvalue weighted by Crippen LogP contribution is -2.35. The van der Waals surface area contributed by atoms with Crippen LogP contribution in [0.4, 0.5) is 0 Å². The summed E-state index contributed by atoms with van der Waals surface area (Å²) in [5.41, 5.74) is 2.56. The molecule has 1 unspecified atom stereocenters. The molecular weight excluding hydrogens is 276 g/mol. The third-order valence-electron chi connectivity index (χ3n) is 3.95. The van der Waals surface area contributed by atoms with E-state index in [-0.39, 0.29) is 6.10 Å². The molecule has 0 radical (unpaired) electrons. The van der Waals surface area contributed by atoms with Crippen molar-refractivity contribution in [2.24, 2.45) is 4.99 Å². The van der Waals surface area contributed by atoms with E-state index in [1.54, 1.807) is 0 Å². The summed E-state index contributed by atoms with van der Waals surface area (Å²) >= 11 is 0. The summed E-state index contributed by atoms with van der Waals surface area (Å²) in [7, 11) is 8.04. The highest BCUT2D eigenvalue weighted by molar-refractivity contribution is 5.79. The van der Waals surface area contributed by atoms with E-state index in [1.807, 2.05) is 38.0 Å². The first-order chi connectivity index (χ1) is 10.5. The molecule has 1 aromatic carbocycles. The second-order valence-corrected chi connectivity index (χ2v) is 6.35. The van der Waals surface area contributed by atoms with E-state index in [0.29, 0.717) is 6.54 Å². The van der Waals surface area contributed by atoms with Crippen LogP contribution in [0, 0.1) is 0 Å². The van der Waals surface area contributed by atoms with Crippen molar-refractivity contribution in [3.05, 3.63) is 35.4 Å². The smallest absolute Gasteiger partial charge is 0.195 e. The molecule has 1 saturated heterocycles. The van der Waals surface area contributed by atoms with Crippen molar-refractivity contribution < 1.29 is 5.11 Å². The van der Waals surface area contributed by atoms with Crippen molar-refractivity contribution in [2.45, 2.75) is 25.6 Å². The second-order valence-electron chi connectivity index (χ2n) is 6.35. The highest BCUT2D eigenvalue weighted by Crippen LogP contribution is 2.17. The van der Waals surface area contributed by atoms with Crippen LogP contribution in [0.2, 0.25) is 0 Å². The topological polar surface area (TPSA) is 42.3 Å². The van der Waals surface area contributed by atoms with E-state index in [0.717, 1.165) is 32.0 Å². The van der Waals surface area contributed by atoms with Crippen LogP contribution in [-0.2, 0) is 13.1 Å². The van der Waals surface area contributed by atoms with E-state index in [1.165, 1.54) is 11.1 Å². The quantitative estimate of drug-likeness (QED) is 0.671. The summed E-state index contributed by atoms with van der Waals surface area (Å²) in [6.07, 6.45) is 0.713. The normalized spacial score (nSPS) is 18.3. The molecule has 1 heterocycles. The Hall–Kier alpha value is -1.59. The van der Waals surface area contributed by atoms with Crippen LogP contribution in [-0.4, -0.2) is 73.1 Å². The van der Waals surface area contributed by atoms with Gasteiger partial charge in [0.2, 0.25) is 0 Å². The molecule has 0 saturated carbocycles. The maximum Gasteiger partial charge on any atom is 0.195 e. The Morgan fingerprint density at radius 2 is 1.82 bits per heavy atom. The Morgan fingerprint density at radius 1 is 1.18 bits per heavy atom. The van der Waals surface area contributed by atoms with Crippen molar-refractivity contribution in [2.75, 3.05) is 41.3 Å². The van der Waals surface area contributed by atoms with Crippen molar-refractivity contribution in [3.8, 4) is 0 Å². The Bertz CT molecular complexity index is 503. The van der Waals surface area contributed by atoms with Gasteiger partial charge in [-0.3, -0.25) is 4.90 Å². The van der Waals surface area contributed by atoms with Gasteiger partial charge in [-0.25, -0.2) is 4.99 Å². The summed E-state index contributed by atoms with van der Waals surface area (Å²) in [5.74, 6) is 0.964. The molecule has 1 aromatic rings. The highest BCUT2D eigenvalue weighted by atomic mass is 16.3. The van der Waals surface area contributed by atoms with Gasteiger partial charge in [-0.2, -0.15) is 0 Å². The number of nitrogens with zero attached hydrogens (tertiary/aromatic N) is 4. The van der Waals surface area contributed by atoms with Gasteiger partial charge < -0.3 is 14.9 Å². The van der Waals surface area contributed by atoms with E-state index < -0.39 is 0 Å². The minimum atomic E-state index is -0.167. The lowest BCUT2D eigenvalue weighted by atomic mass is 10.1. The molecule has 5 nitrogen and oxygen atoms in total. The fourth-order valence-corrected chi connectivity index (χ4v) is 2.90. The average Bonchev–Trinajstić information content (AvgIpc) is 2.85. The largest absolute Gasteiger partial charge is 0.392 e. The van der Waals surface area contributed by atoms with Crippen LogP contribution in [0.1, 0.15) is 17.5 Å². The Morgan fingerprint density at radius 3 is 2.36 bits per heavy atom. The third-order valence-corrected chi connectivity index (χ3v) is 3.95. The first kappa shape index (κ1) is 16.8. The van der Waals surface area contributed by atoms with E-state index >= 15 is 0 Å². The molecule has 1 atom stereocenters. The third kappa shape index (κ3) is 4.45. The number of rotatable bonds is 4. The lowest BCUT2D eigenvalue weighted by molar-refractivity contribution is 0.174. The zero-order valence-corrected chi connectivity index (χ0v) is 14.2. The van der Waals surface area contributed by atoms with E-state index in [9.17, 15) is 5.11 Å². The van der Waals surface area contributed by atoms with Gasteiger partial charge in [-0.15, -0.1) is 0 Å². The van der Waals surface area contributed by atoms with Crippen molar-refractivity contribution in [1.29, 1.82) is 0 Å². The van der Waals surface area contributed by atoms with Gasteiger partial charge in [0.15, 0.2) is 5.96 Å². The van der Waals surface area contributed by atoms with Gasteiger partial charge in [0.1, 0.15) is 0 Å². The van der Waals surface area contributed by atoms with E-state index in [2.05, 4.69) is 29.2 Å². The van der Waals surface area contributed by atoms with Gasteiger partial charge >= 0.3 is 0 Å². The number of aliphatic imine (C=N–C) groups is 1. The second kappa shape index (κ2) is 7.61. The van der Waals surface area contributed by atoms with Crippen molar-refractivity contribution >= 4 is 5.96 Å². The Kier molecular flexibility index (Phi) is 5.80. The molecule has 0 amide bonds. The molecule has 1 aliphatic heterocycles. The molecule has 0 spiro atoms. The van der Waals surface area contributed by atoms with Crippen LogP contribution < -0.4 is 0 Å². The fraction of sp³-hybridized carbons (Fsp3) is 0.588. The van der Waals surface area contributed by atoms with Gasteiger partial charge in [-0.05, 0) is 17.5 Å². The van der Waals surface area contributed by atoms with Gasteiger partial charge in [0.25, 0.3) is 0 Å². The molecule has 22 heavy (non-hydrogen) atoms. The number of hydrogen-bond donors (Lipinski definition) is 1. The van der Waals surface area contributed by atoms with Crippen LogP contribution in [0.25, 0.3) is 0 Å². The molecule has 1 fully saturated rings. The fourth-order valence-electron chi connectivity index (χ4n) is 2.90. The average molecular weight is 304 g/mol. The molecule has 0 aromatic heterocycles. The number of benzene rings is 1. The van der Waals surface area contributed by atoms with Crippen LogP contribution in [0.5, 0.6) is 0 Å². The number of hydrogen-bond acceptors (Lipinski definition) is 3. The molecule has 0 aliphatic carbocycles. The molecule has 122 valence electrons. The molecule has 1 aliphatic rings. The zero-order chi connectivity index (χ0) is 16.1. The van der Waals surface area contributed by atoms with Gasteiger partial charge in [0.05, 0.1) is 12.6 Å². The summed E-state index contributed by atoms with van der Waals surface area (Å²) < 4.78 is 0. The predicted octanol–water partition coefficient (Wildman–Crippen LogP) is 1.23. The van der Waals surface area contributed by atoms with Gasteiger partial charge in [-0.1, -0.05) is 24.3 Å². The first-order valence-electron chi connectivity index (χ1n) is 7.83. The lowest BCUT2D eigenvalue weighted by Gasteiger charge is -2.23.